The van der Waals surface area contributed by atoms with E-state index in [1.807, 2.05) is 37.4 Å². The lowest BCUT2D eigenvalue weighted by Gasteiger charge is -2.22. The van der Waals surface area contributed by atoms with Crippen LogP contribution in [-0.4, -0.2) is 43.0 Å². The largest absolute Gasteiger partial charge is 0.496 e. The zero-order valence-electron chi connectivity index (χ0n) is 19.9. The number of para-hydroxylation sites is 1. The number of rotatable bonds is 11. The highest BCUT2D eigenvalue weighted by molar-refractivity contribution is 7.98. The maximum Gasteiger partial charge on any atom is 0.255 e. The first-order valence-electron chi connectivity index (χ1n) is 11.4. The first-order valence-corrected chi connectivity index (χ1v) is 12.8. The average molecular weight is 477 g/mol. The summed E-state index contributed by atoms with van der Waals surface area (Å²) in [6.07, 6.45) is 3.24. The molecular weight excluding hydrogens is 444 g/mol. The van der Waals surface area contributed by atoms with Crippen molar-refractivity contribution in [1.82, 2.24) is 10.6 Å². The predicted molar refractivity (Wildman–Crippen MR) is 140 cm³/mol. The molecule has 2 atom stereocenters. The summed E-state index contributed by atoms with van der Waals surface area (Å²) < 4.78 is 5.29. The van der Waals surface area contributed by atoms with Crippen molar-refractivity contribution in [2.75, 3.05) is 19.1 Å². The number of carbonyl (C=O) groups is 2. The molecule has 0 saturated carbocycles. The monoisotopic (exact) mass is 476 g/mol. The summed E-state index contributed by atoms with van der Waals surface area (Å²) in [6, 6.07) is 25.0. The Hall–Kier alpha value is -3.25. The highest BCUT2D eigenvalue weighted by Gasteiger charge is 2.23. The fraction of sp³-hybridized carbons (Fsp3) is 0.286. The summed E-state index contributed by atoms with van der Waals surface area (Å²) in [5, 5.41) is 5.97. The van der Waals surface area contributed by atoms with Crippen LogP contribution in [-0.2, 0) is 11.2 Å². The van der Waals surface area contributed by atoms with E-state index in [1.165, 1.54) is 12.7 Å². The van der Waals surface area contributed by atoms with Crippen LogP contribution in [0.2, 0.25) is 0 Å². The number of benzene rings is 3. The van der Waals surface area contributed by atoms with Crippen molar-refractivity contribution in [1.29, 1.82) is 0 Å². The van der Waals surface area contributed by atoms with E-state index in [4.69, 9.17) is 4.74 Å². The van der Waals surface area contributed by atoms with Gasteiger partial charge in [0.25, 0.3) is 5.91 Å². The summed E-state index contributed by atoms with van der Waals surface area (Å²) in [4.78, 5) is 25.9. The van der Waals surface area contributed by atoms with Gasteiger partial charge in [0, 0.05) is 6.04 Å². The molecule has 2 N–H and O–H groups in total. The van der Waals surface area contributed by atoms with Crippen LogP contribution in [0.15, 0.2) is 78.9 Å². The third-order valence-electron chi connectivity index (χ3n) is 5.58. The van der Waals surface area contributed by atoms with E-state index in [-0.39, 0.29) is 17.9 Å². The predicted octanol–water partition coefficient (Wildman–Crippen LogP) is 4.96. The minimum Gasteiger partial charge on any atom is -0.496 e. The Labute approximate surface area is 206 Å². The molecule has 3 aromatic carbocycles. The van der Waals surface area contributed by atoms with Crippen molar-refractivity contribution < 1.29 is 14.3 Å². The fourth-order valence-corrected chi connectivity index (χ4v) is 4.26. The van der Waals surface area contributed by atoms with Gasteiger partial charge < -0.3 is 15.4 Å². The van der Waals surface area contributed by atoms with Gasteiger partial charge in [-0.1, -0.05) is 66.7 Å². The second-order valence-corrected chi connectivity index (χ2v) is 9.17. The van der Waals surface area contributed by atoms with Gasteiger partial charge in [-0.2, -0.15) is 11.8 Å². The van der Waals surface area contributed by atoms with Crippen LogP contribution in [0.1, 0.15) is 29.3 Å². The molecule has 5 nitrogen and oxygen atoms in total. The van der Waals surface area contributed by atoms with Crippen molar-refractivity contribution in [2.45, 2.75) is 31.8 Å². The number of ether oxygens (including phenoxy) is 1. The molecular formula is C28H32N2O3S. The topological polar surface area (TPSA) is 67.4 Å². The molecule has 0 aromatic heterocycles. The highest BCUT2D eigenvalue weighted by atomic mass is 32.2. The smallest absolute Gasteiger partial charge is 0.255 e. The van der Waals surface area contributed by atoms with Crippen LogP contribution in [0.4, 0.5) is 0 Å². The number of nitrogens with one attached hydrogen (secondary N) is 2. The van der Waals surface area contributed by atoms with E-state index in [0.717, 1.165) is 16.9 Å². The summed E-state index contributed by atoms with van der Waals surface area (Å²) in [6.45, 7) is 1.98. The molecule has 0 heterocycles. The van der Waals surface area contributed by atoms with Crippen LogP contribution >= 0.6 is 11.8 Å². The molecule has 0 aliphatic heterocycles. The molecule has 0 aliphatic rings. The lowest BCUT2D eigenvalue weighted by molar-refractivity contribution is -0.123. The Morgan fingerprint density at radius 2 is 1.53 bits per heavy atom. The Morgan fingerprint density at radius 3 is 2.21 bits per heavy atom. The summed E-state index contributed by atoms with van der Waals surface area (Å²) in [7, 11) is 1.53. The lowest BCUT2D eigenvalue weighted by atomic mass is 10.0. The molecule has 0 bridgehead atoms. The average Bonchev–Trinajstić information content (AvgIpc) is 2.87. The second-order valence-electron chi connectivity index (χ2n) is 8.18. The normalized spacial score (nSPS) is 12.4. The third kappa shape index (κ3) is 7.12. The molecule has 0 fully saturated rings. The molecule has 0 aliphatic carbocycles. The Bertz CT molecular complexity index is 1070. The van der Waals surface area contributed by atoms with Crippen LogP contribution in [0, 0.1) is 0 Å². The standard InChI is InChI=1S/C28H32N2O3S/c1-20(19-21-13-15-23(16-14-21)22-9-5-4-6-10-22)29-28(32)25(17-18-34-3)30-27(31)24-11-7-8-12-26(24)33-2/h4-16,20,25H,17-19H2,1-3H3,(H,29,32)(H,30,31)/t20-,25+/m1/s1. The SMILES string of the molecule is COc1ccccc1C(=O)N[C@@H](CCSC)C(=O)N[C@H](C)Cc1ccc(-c2ccccc2)cc1. The van der Waals surface area contributed by atoms with E-state index in [1.54, 1.807) is 30.0 Å². The van der Waals surface area contributed by atoms with Crippen molar-refractivity contribution in [2.24, 2.45) is 0 Å². The third-order valence-corrected chi connectivity index (χ3v) is 6.22. The van der Waals surface area contributed by atoms with Crippen LogP contribution < -0.4 is 15.4 Å². The fourth-order valence-electron chi connectivity index (χ4n) is 3.78. The zero-order chi connectivity index (χ0) is 24.3. The number of carbonyl (C=O) groups excluding carboxylic acids is 2. The molecule has 0 unspecified atom stereocenters. The highest BCUT2D eigenvalue weighted by Crippen LogP contribution is 2.20. The minimum absolute atomic E-state index is 0.0741. The maximum absolute atomic E-state index is 13.0. The number of hydrogen-bond donors (Lipinski definition) is 2. The van der Waals surface area contributed by atoms with E-state index < -0.39 is 6.04 Å². The number of amides is 2. The van der Waals surface area contributed by atoms with Crippen molar-refractivity contribution in [3.63, 3.8) is 0 Å². The van der Waals surface area contributed by atoms with Crippen molar-refractivity contribution in [3.8, 4) is 16.9 Å². The van der Waals surface area contributed by atoms with Crippen LogP contribution in [0.5, 0.6) is 5.75 Å². The van der Waals surface area contributed by atoms with Crippen LogP contribution in [0.25, 0.3) is 11.1 Å². The van der Waals surface area contributed by atoms with E-state index >= 15 is 0 Å². The van der Waals surface area contributed by atoms with Gasteiger partial charge in [-0.05, 0) is 60.6 Å². The number of thioether (sulfide) groups is 1. The number of methoxy groups -OCH3 is 1. The second kappa shape index (κ2) is 12.8. The summed E-state index contributed by atoms with van der Waals surface area (Å²) in [5.41, 5.74) is 3.90. The molecule has 34 heavy (non-hydrogen) atoms. The Balaban J connectivity index is 1.61. The van der Waals surface area contributed by atoms with Gasteiger partial charge in [-0.15, -0.1) is 0 Å². The van der Waals surface area contributed by atoms with Crippen molar-refractivity contribution in [3.05, 3.63) is 90.0 Å². The molecule has 0 spiro atoms. The molecule has 2 amide bonds. The van der Waals surface area contributed by atoms with Gasteiger partial charge in [-0.25, -0.2) is 0 Å². The van der Waals surface area contributed by atoms with Gasteiger partial charge in [-0.3, -0.25) is 9.59 Å². The van der Waals surface area contributed by atoms with Gasteiger partial charge in [0.05, 0.1) is 12.7 Å². The quantitative estimate of drug-likeness (QED) is 0.410. The first kappa shape index (κ1) is 25.4. The van der Waals surface area contributed by atoms with Gasteiger partial charge >= 0.3 is 0 Å². The van der Waals surface area contributed by atoms with E-state index in [9.17, 15) is 9.59 Å². The van der Waals surface area contributed by atoms with E-state index in [0.29, 0.717) is 24.2 Å². The van der Waals surface area contributed by atoms with Gasteiger partial charge in [0.1, 0.15) is 11.8 Å². The zero-order valence-corrected chi connectivity index (χ0v) is 20.7. The maximum atomic E-state index is 13.0. The number of hydrogen-bond acceptors (Lipinski definition) is 4. The van der Waals surface area contributed by atoms with Gasteiger partial charge in [0.2, 0.25) is 5.91 Å². The lowest BCUT2D eigenvalue weighted by Crippen LogP contribution is -2.49. The molecule has 0 saturated heterocycles. The summed E-state index contributed by atoms with van der Waals surface area (Å²) in [5.74, 6) is 0.754. The van der Waals surface area contributed by atoms with E-state index in [2.05, 4.69) is 47.0 Å². The van der Waals surface area contributed by atoms with Crippen molar-refractivity contribution >= 4 is 23.6 Å². The Morgan fingerprint density at radius 1 is 0.882 bits per heavy atom. The molecule has 178 valence electrons. The minimum atomic E-state index is -0.618. The molecule has 3 rings (SSSR count). The molecule has 3 aromatic rings. The molecule has 6 heteroatoms. The first-order chi connectivity index (χ1) is 16.5. The molecule has 0 radical (unpaired) electrons. The summed E-state index contributed by atoms with van der Waals surface area (Å²) >= 11 is 1.64. The Kier molecular flexibility index (Phi) is 9.59. The van der Waals surface area contributed by atoms with Gasteiger partial charge in [0.15, 0.2) is 0 Å². The van der Waals surface area contributed by atoms with Crippen LogP contribution in [0.3, 0.4) is 0 Å².